The molecule has 40 heavy (non-hydrogen) atoms. The zero-order valence-corrected chi connectivity index (χ0v) is 23.7. The van der Waals surface area contributed by atoms with E-state index in [1.165, 1.54) is 0 Å². The Kier molecular flexibility index (Phi) is 8.06. The molecular formula is C32H42N4O4. The number of hydrogen-bond acceptors (Lipinski definition) is 4. The van der Waals surface area contributed by atoms with Crippen molar-refractivity contribution < 1.29 is 19.5 Å². The SMILES string of the molecule is CC(C)(C)C(CC1Nc2ccccc2C2C1CCN2C(=O)[C@H]1CCCC[C@H]1NC(=O)c1ccccc1)NC(=O)O. The van der Waals surface area contributed by atoms with Gasteiger partial charge in [-0.1, -0.05) is 70.0 Å². The molecule has 214 valence electrons. The standard InChI is InChI=1S/C32H42N4O4/c1-32(2,3)27(35-31(39)40)19-26-22-17-18-36(28(22)21-13-7-9-15-24(21)33-26)30(38)23-14-8-10-16-25(23)34-29(37)20-11-5-4-6-12-20/h4-7,9,11-13,15,22-23,25-28,33,35H,8,10,14,16-19H2,1-3H3,(H,34,37)(H,39,40)/t22?,23-,25+,26?,27?,28?/m0/s1. The average Bonchev–Trinajstić information content (AvgIpc) is 3.38. The molecule has 2 aromatic rings. The maximum atomic E-state index is 14.3. The average molecular weight is 547 g/mol. The monoisotopic (exact) mass is 546 g/mol. The van der Waals surface area contributed by atoms with E-state index >= 15 is 0 Å². The summed E-state index contributed by atoms with van der Waals surface area (Å²) in [7, 11) is 0. The number of hydrogen-bond donors (Lipinski definition) is 4. The first kappa shape index (κ1) is 28.0. The Bertz CT molecular complexity index is 1230. The van der Waals surface area contributed by atoms with Gasteiger partial charge in [-0.3, -0.25) is 9.59 Å². The van der Waals surface area contributed by atoms with Crippen molar-refractivity contribution in [2.45, 2.75) is 83.5 Å². The summed E-state index contributed by atoms with van der Waals surface area (Å²) in [5, 5.41) is 19.2. The Morgan fingerprint density at radius 3 is 2.42 bits per heavy atom. The summed E-state index contributed by atoms with van der Waals surface area (Å²) in [6, 6.07) is 16.9. The molecule has 8 nitrogen and oxygen atoms in total. The smallest absolute Gasteiger partial charge is 0.404 e. The maximum Gasteiger partial charge on any atom is 0.404 e. The number of carbonyl (C=O) groups excluding carboxylic acids is 2. The number of carboxylic acid groups (broad SMARTS) is 1. The highest BCUT2D eigenvalue weighted by Gasteiger charge is 2.49. The molecular weight excluding hydrogens is 504 g/mol. The summed E-state index contributed by atoms with van der Waals surface area (Å²) in [6.07, 6.45) is 4.00. The number of benzene rings is 2. The van der Waals surface area contributed by atoms with E-state index in [-0.39, 0.29) is 53.2 Å². The molecule has 4 N–H and O–H groups in total. The lowest BCUT2D eigenvalue weighted by Crippen LogP contribution is -2.51. The Morgan fingerprint density at radius 2 is 1.70 bits per heavy atom. The molecule has 2 aliphatic heterocycles. The Hall–Kier alpha value is -3.55. The van der Waals surface area contributed by atoms with E-state index in [1.807, 2.05) is 30.3 Å². The summed E-state index contributed by atoms with van der Waals surface area (Å²) >= 11 is 0. The van der Waals surface area contributed by atoms with Gasteiger partial charge in [0.1, 0.15) is 0 Å². The van der Waals surface area contributed by atoms with E-state index < -0.39 is 6.09 Å². The molecule has 2 heterocycles. The van der Waals surface area contributed by atoms with Crippen LogP contribution >= 0.6 is 0 Å². The van der Waals surface area contributed by atoms with Crippen LogP contribution in [0.4, 0.5) is 10.5 Å². The largest absolute Gasteiger partial charge is 0.465 e. The van der Waals surface area contributed by atoms with Gasteiger partial charge in [-0.2, -0.15) is 0 Å². The van der Waals surface area contributed by atoms with Crippen molar-refractivity contribution in [2.75, 3.05) is 11.9 Å². The number of nitrogens with zero attached hydrogens (tertiary/aromatic N) is 1. The normalized spacial score (nSPS) is 26.6. The van der Waals surface area contributed by atoms with Gasteiger partial charge in [0.05, 0.1) is 12.0 Å². The van der Waals surface area contributed by atoms with Gasteiger partial charge in [0.15, 0.2) is 0 Å². The predicted octanol–water partition coefficient (Wildman–Crippen LogP) is 5.43. The molecule has 6 atom stereocenters. The third-order valence-corrected chi connectivity index (χ3v) is 9.13. The van der Waals surface area contributed by atoms with Crippen molar-refractivity contribution in [3.8, 4) is 0 Å². The van der Waals surface area contributed by atoms with Gasteiger partial charge < -0.3 is 26.0 Å². The second-order valence-corrected chi connectivity index (χ2v) is 12.7. The van der Waals surface area contributed by atoms with Crippen LogP contribution in [0.2, 0.25) is 0 Å². The molecule has 0 spiro atoms. The number of amides is 3. The first-order chi connectivity index (χ1) is 19.1. The minimum Gasteiger partial charge on any atom is -0.465 e. The van der Waals surface area contributed by atoms with Crippen molar-refractivity contribution >= 4 is 23.6 Å². The molecule has 3 amide bonds. The van der Waals surface area contributed by atoms with Crippen LogP contribution in [-0.4, -0.2) is 52.6 Å². The number of rotatable bonds is 6. The van der Waals surface area contributed by atoms with Crippen molar-refractivity contribution in [2.24, 2.45) is 17.3 Å². The zero-order valence-electron chi connectivity index (χ0n) is 23.7. The second-order valence-electron chi connectivity index (χ2n) is 12.7. The zero-order chi connectivity index (χ0) is 28.4. The fourth-order valence-electron chi connectivity index (χ4n) is 7.00. The summed E-state index contributed by atoms with van der Waals surface area (Å²) in [5.41, 5.74) is 2.48. The number of para-hydroxylation sites is 1. The lowest BCUT2D eigenvalue weighted by molar-refractivity contribution is -0.138. The van der Waals surface area contributed by atoms with E-state index in [1.54, 1.807) is 12.1 Å². The van der Waals surface area contributed by atoms with Gasteiger partial charge >= 0.3 is 6.09 Å². The van der Waals surface area contributed by atoms with Crippen molar-refractivity contribution in [1.29, 1.82) is 0 Å². The third-order valence-electron chi connectivity index (χ3n) is 9.13. The van der Waals surface area contributed by atoms with Crippen LogP contribution in [0.3, 0.4) is 0 Å². The highest BCUT2D eigenvalue weighted by Crippen LogP contribution is 2.48. The lowest BCUT2D eigenvalue weighted by Gasteiger charge is -2.44. The van der Waals surface area contributed by atoms with E-state index in [0.717, 1.165) is 43.4 Å². The number of fused-ring (bicyclic) bond motifs is 3. The highest BCUT2D eigenvalue weighted by molar-refractivity contribution is 5.95. The molecule has 5 rings (SSSR count). The minimum atomic E-state index is -1.02. The number of anilines is 1. The lowest BCUT2D eigenvalue weighted by atomic mass is 9.75. The van der Waals surface area contributed by atoms with Crippen LogP contribution in [0.1, 0.15) is 81.3 Å². The van der Waals surface area contributed by atoms with Crippen LogP contribution in [0.5, 0.6) is 0 Å². The fraction of sp³-hybridized carbons (Fsp3) is 0.531. The van der Waals surface area contributed by atoms with Crippen LogP contribution < -0.4 is 16.0 Å². The Labute approximate surface area is 236 Å². The molecule has 2 aromatic carbocycles. The van der Waals surface area contributed by atoms with Gasteiger partial charge in [-0.25, -0.2) is 4.79 Å². The Morgan fingerprint density at radius 1 is 1.00 bits per heavy atom. The second kappa shape index (κ2) is 11.5. The molecule has 0 bridgehead atoms. The quantitative estimate of drug-likeness (QED) is 0.386. The maximum absolute atomic E-state index is 14.3. The molecule has 0 aromatic heterocycles. The van der Waals surface area contributed by atoms with Gasteiger partial charge in [-0.05, 0) is 54.9 Å². The Balaban J connectivity index is 1.39. The van der Waals surface area contributed by atoms with Crippen LogP contribution in [0.15, 0.2) is 54.6 Å². The predicted molar refractivity (Wildman–Crippen MR) is 155 cm³/mol. The van der Waals surface area contributed by atoms with E-state index in [0.29, 0.717) is 18.5 Å². The summed E-state index contributed by atoms with van der Waals surface area (Å²) in [4.78, 5) is 41.0. The first-order valence-electron chi connectivity index (χ1n) is 14.6. The van der Waals surface area contributed by atoms with Crippen LogP contribution in [-0.2, 0) is 4.79 Å². The number of carbonyl (C=O) groups is 3. The highest BCUT2D eigenvalue weighted by atomic mass is 16.4. The number of nitrogens with one attached hydrogen (secondary N) is 3. The molecule has 4 unspecified atom stereocenters. The first-order valence-corrected chi connectivity index (χ1v) is 14.6. The summed E-state index contributed by atoms with van der Waals surface area (Å²) in [6.45, 7) is 6.82. The molecule has 3 aliphatic rings. The van der Waals surface area contributed by atoms with Gasteiger partial charge in [0, 0.05) is 41.8 Å². The van der Waals surface area contributed by atoms with Crippen LogP contribution in [0, 0.1) is 17.3 Å². The van der Waals surface area contributed by atoms with Gasteiger partial charge in [0.25, 0.3) is 5.91 Å². The van der Waals surface area contributed by atoms with Crippen molar-refractivity contribution in [3.05, 3.63) is 65.7 Å². The molecule has 0 radical (unpaired) electrons. The number of likely N-dealkylation sites (tertiary alicyclic amines) is 1. The van der Waals surface area contributed by atoms with Crippen molar-refractivity contribution in [1.82, 2.24) is 15.5 Å². The fourth-order valence-corrected chi connectivity index (χ4v) is 7.00. The van der Waals surface area contributed by atoms with E-state index in [2.05, 4.69) is 53.8 Å². The topological polar surface area (TPSA) is 111 Å². The molecule has 1 saturated heterocycles. The summed E-state index contributed by atoms with van der Waals surface area (Å²) < 4.78 is 0. The third kappa shape index (κ3) is 5.81. The van der Waals surface area contributed by atoms with Gasteiger partial charge in [0.2, 0.25) is 5.91 Å². The minimum absolute atomic E-state index is 0.0220. The summed E-state index contributed by atoms with van der Waals surface area (Å²) in [5.74, 6) is -0.0926. The van der Waals surface area contributed by atoms with Crippen molar-refractivity contribution in [3.63, 3.8) is 0 Å². The van der Waals surface area contributed by atoms with E-state index in [9.17, 15) is 19.5 Å². The van der Waals surface area contributed by atoms with Crippen LogP contribution in [0.25, 0.3) is 0 Å². The molecule has 1 aliphatic carbocycles. The molecule has 8 heteroatoms. The van der Waals surface area contributed by atoms with Gasteiger partial charge in [-0.15, -0.1) is 0 Å². The molecule has 2 fully saturated rings. The molecule has 1 saturated carbocycles. The van der Waals surface area contributed by atoms with E-state index in [4.69, 9.17) is 0 Å².